The van der Waals surface area contributed by atoms with Crippen molar-refractivity contribution in [3.8, 4) is 17.1 Å². The van der Waals surface area contributed by atoms with E-state index >= 15 is 0 Å². The van der Waals surface area contributed by atoms with E-state index in [-0.39, 0.29) is 24.0 Å². The van der Waals surface area contributed by atoms with Gasteiger partial charge in [-0.2, -0.15) is 0 Å². The smallest absolute Gasteiger partial charge is 0.230 e. The van der Waals surface area contributed by atoms with Crippen LogP contribution >= 0.6 is 11.8 Å². The third-order valence-electron chi connectivity index (χ3n) is 4.15. The molecule has 0 saturated carbocycles. The number of amides is 1. The van der Waals surface area contributed by atoms with E-state index in [1.807, 2.05) is 35.8 Å². The van der Waals surface area contributed by atoms with Crippen LogP contribution in [0.4, 0.5) is 4.39 Å². The van der Waals surface area contributed by atoms with E-state index in [0.29, 0.717) is 17.3 Å². The maximum atomic E-state index is 13.6. The average Bonchev–Trinajstić information content (AvgIpc) is 3.14. The van der Waals surface area contributed by atoms with E-state index in [9.17, 15) is 9.18 Å². The lowest BCUT2D eigenvalue weighted by atomic mass is 10.2. The van der Waals surface area contributed by atoms with Crippen LogP contribution in [-0.4, -0.2) is 33.5 Å². The van der Waals surface area contributed by atoms with Crippen LogP contribution in [0.3, 0.4) is 0 Å². The van der Waals surface area contributed by atoms with Crippen molar-refractivity contribution in [2.24, 2.45) is 0 Å². The van der Waals surface area contributed by atoms with E-state index in [4.69, 9.17) is 4.74 Å². The molecule has 0 aliphatic heterocycles. The Morgan fingerprint density at radius 3 is 2.61 bits per heavy atom. The normalized spacial score (nSPS) is 10.7. The number of thioether (sulfide) groups is 1. The lowest BCUT2D eigenvalue weighted by Gasteiger charge is -2.08. The van der Waals surface area contributed by atoms with Gasteiger partial charge in [0, 0.05) is 24.2 Å². The molecule has 1 amide bonds. The number of methoxy groups -OCH3 is 1. The zero-order chi connectivity index (χ0) is 19.9. The number of ether oxygens (including phenoxy) is 1. The Morgan fingerprint density at radius 2 is 1.93 bits per heavy atom. The minimum Gasteiger partial charge on any atom is -0.497 e. The lowest BCUT2D eigenvalue weighted by molar-refractivity contribution is -0.118. The highest BCUT2D eigenvalue weighted by Gasteiger charge is 2.15. The zero-order valence-electron chi connectivity index (χ0n) is 15.7. The number of carbonyl (C=O) groups is 1. The van der Waals surface area contributed by atoms with Crippen molar-refractivity contribution < 1.29 is 13.9 Å². The molecule has 0 fully saturated rings. The Morgan fingerprint density at radius 1 is 1.18 bits per heavy atom. The number of carbonyl (C=O) groups excluding carboxylic acids is 1. The second-order valence-electron chi connectivity index (χ2n) is 5.94. The first-order chi connectivity index (χ1) is 13.6. The molecule has 0 radical (unpaired) electrons. The Kier molecular flexibility index (Phi) is 6.65. The van der Waals surface area contributed by atoms with Crippen molar-refractivity contribution in [2.45, 2.75) is 25.2 Å². The van der Waals surface area contributed by atoms with Gasteiger partial charge in [0.15, 0.2) is 11.0 Å². The Balaban J connectivity index is 1.62. The summed E-state index contributed by atoms with van der Waals surface area (Å²) in [7, 11) is 1.62. The second kappa shape index (κ2) is 9.36. The van der Waals surface area contributed by atoms with Gasteiger partial charge in [-0.3, -0.25) is 4.79 Å². The monoisotopic (exact) mass is 400 g/mol. The van der Waals surface area contributed by atoms with Crippen molar-refractivity contribution in [1.82, 2.24) is 20.1 Å². The summed E-state index contributed by atoms with van der Waals surface area (Å²) in [5.41, 5.74) is 1.38. The first-order valence-corrected chi connectivity index (χ1v) is 9.81. The van der Waals surface area contributed by atoms with Gasteiger partial charge in [0.1, 0.15) is 11.6 Å². The quantitative estimate of drug-likeness (QED) is 0.586. The summed E-state index contributed by atoms with van der Waals surface area (Å²) in [4.78, 5) is 12.1. The summed E-state index contributed by atoms with van der Waals surface area (Å²) < 4.78 is 20.7. The molecular formula is C20H21FN4O2S. The second-order valence-corrected chi connectivity index (χ2v) is 6.88. The molecule has 1 N–H and O–H groups in total. The van der Waals surface area contributed by atoms with Crippen LogP contribution in [0.15, 0.2) is 53.7 Å². The van der Waals surface area contributed by atoms with Crippen LogP contribution in [-0.2, 0) is 17.9 Å². The summed E-state index contributed by atoms with van der Waals surface area (Å²) in [6.07, 6.45) is 0. The van der Waals surface area contributed by atoms with Gasteiger partial charge in [-0.1, -0.05) is 30.0 Å². The third-order valence-corrected chi connectivity index (χ3v) is 5.11. The average molecular weight is 400 g/mol. The predicted molar refractivity (Wildman–Crippen MR) is 107 cm³/mol. The van der Waals surface area contributed by atoms with Crippen LogP contribution in [0.2, 0.25) is 0 Å². The highest BCUT2D eigenvalue weighted by atomic mass is 32.2. The molecular weight excluding hydrogens is 379 g/mol. The first-order valence-electron chi connectivity index (χ1n) is 8.83. The number of aromatic nitrogens is 3. The van der Waals surface area contributed by atoms with Crippen molar-refractivity contribution in [1.29, 1.82) is 0 Å². The number of nitrogens with zero attached hydrogens (tertiary/aromatic N) is 3. The van der Waals surface area contributed by atoms with E-state index in [2.05, 4.69) is 15.5 Å². The molecule has 28 heavy (non-hydrogen) atoms. The fourth-order valence-corrected chi connectivity index (χ4v) is 3.48. The molecule has 0 saturated heterocycles. The van der Waals surface area contributed by atoms with E-state index in [0.717, 1.165) is 17.1 Å². The number of halogens is 1. The highest BCUT2D eigenvalue weighted by molar-refractivity contribution is 7.99. The third kappa shape index (κ3) is 4.69. The van der Waals surface area contributed by atoms with Crippen molar-refractivity contribution in [3.63, 3.8) is 0 Å². The van der Waals surface area contributed by atoms with Crippen LogP contribution < -0.4 is 10.1 Å². The summed E-state index contributed by atoms with van der Waals surface area (Å²) in [6, 6.07) is 14.0. The van der Waals surface area contributed by atoms with Gasteiger partial charge in [-0.15, -0.1) is 10.2 Å². The summed E-state index contributed by atoms with van der Waals surface area (Å²) in [5, 5.41) is 11.9. The maximum Gasteiger partial charge on any atom is 0.230 e. The minimum absolute atomic E-state index is 0.156. The number of hydrogen-bond donors (Lipinski definition) is 1. The topological polar surface area (TPSA) is 69.0 Å². The fraction of sp³-hybridized carbons (Fsp3) is 0.250. The van der Waals surface area contributed by atoms with Gasteiger partial charge in [0.2, 0.25) is 5.91 Å². The summed E-state index contributed by atoms with van der Waals surface area (Å²) >= 11 is 1.30. The number of rotatable bonds is 8. The van der Waals surface area contributed by atoms with Gasteiger partial charge in [-0.05, 0) is 37.3 Å². The highest BCUT2D eigenvalue weighted by Crippen LogP contribution is 2.25. The molecule has 1 heterocycles. The summed E-state index contributed by atoms with van der Waals surface area (Å²) in [6.45, 7) is 2.83. The zero-order valence-corrected chi connectivity index (χ0v) is 16.5. The minimum atomic E-state index is -0.328. The van der Waals surface area contributed by atoms with Crippen molar-refractivity contribution in [2.75, 3.05) is 12.9 Å². The molecule has 6 nitrogen and oxygen atoms in total. The van der Waals surface area contributed by atoms with Crippen molar-refractivity contribution in [3.05, 3.63) is 59.9 Å². The van der Waals surface area contributed by atoms with Gasteiger partial charge in [-0.25, -0.2) is 4.39 Å². The van der Waals surface area contributed by atoms with Gasteiger partial charge in [0.25, 0.3) is 0 Å². The van der Waals surface area contributed by atoms with Gasteiger partial charge < -0.3 is 14.6 Å². The molecule has 1 aromatic heterocycles. The lowest BCUT2D eigenvalue weighted by Crippen LogP contribution is -2.25. The Hall–Kier alpha value is -2.87. The molecule has 0 aliphatic carbocycles. The maximum absolute atomic E-state index is 13.6. The Bertz CT molecular complexity index is 944. The molecule has 146 valence electrons. The van der Waals surface area contributed by atoms with E-state index < -0.39 is 0 Å². The fourth-order valence-electron chi connectivity index (χ4n) is 2.65. The number of nitrogens with one attached hydrogen (secondary N) is 1. The van der Waals surface area contributed by atoms with Gasteiger partial charge >= 0.3 is 0 Å². The van der Waals surface area contributed by atoms with E-state index in [1.54, 1.807) is 25.3 Å². The van der Waals surface area contributed by atoms with E-state index in [1.165, 1.54) is 17.8 Å². The molecule has 2 aromatic carbocycles. The summed E-state index contributed by atoms with van der Waals surface area (Å²) in [5.74, 6) is 1.16. The molecule has 0 atom stereocenters. The molecule has 0 bridgehead atoms. The van der Waals surface area contributed by atoms with Crippen LogP contribution in [0.5, 0.6) is 5.75 Å². The Labute approximate surface area is 167 Å². The van der Waals surface area contributed by atoms with Crippen LogP contribution in [0.25, 0.3) is 11.4 Å². The molecule has 0 aliphatic rings. The van der Waals surface area contributed by atoms with Crippen LogP contribution in [0.1, 0.15) is 12.5 Å². The molecule has 3 aromatic rings. The van der Waals surface area contributed by atoms with Gasteiger partial charge in [0.05, 0.1) is 12.9 Å². The molecule has 3 rings (SSSR count). The number of benzene rings is 2. The van der Waals surface area contributed by atoms with Crippen LogP contribution in [0, 0.1) is 5.82 Å². The predicted octanol–water partition coefficient (Wildman–Crippen LogP) is 3.52. The largest absolute Gasteiger partial charge is 0.497 e. The molecule has 8 heteroatoms. The standard InChI is InChI=1S/C20H21FN4O2S/c1-3-25-19(14-8-10-16(27-2)11-9-14)23-24-20(25)28-13-18(26)22-12-15-6-4-5-7-17(15)21/h4-11H,3,12-13H2,1-2H3,(H,22,26). The first kappa shape index (κ1) is 19.9. The number of hydrogen-bond acceptors (Lipinski definition) is 5. The van der Waals surface area contributed by atoms with Crippen molar-refractivity contribution >= 4 is 17.7 Å². The SMILES string of the molecule is CCn1c(SCC(=O)NCc2ccccc2F)nnc1-c1ccc(OC)cc1. The molecule has 0 unspecified atom stereocenters. The molecule has 0 spiro atoms.